The third kappa shape index (κ3) is 6.37. The van der Waals surface area contributed by atoms with E-state index in [1.165, 1.54) is 0 Å². The van der Waals surface area contributed by atoms with E-state index in [-0.39, 0.29) is 18.5 Å². The van der Waals surface area contributed by atoms with Gasteiger partial charge in [0.25, 0.3) is 16.1 Å². The van der Waals surface area contributed by atoms with Gasteiger partial charge in [0, 0.05) is 36.2 Å². The van der Waals surface area contributed by atoms with E-state index >= 15 is 0 Å². The van der Waals surface area contributed by atoms with E-state index in [0.717, 1.165) is 11.1 Å². The Bertz CT molecular complexity index is 1450. The number of anilines is 2. The Kier molecular flexibility index (Phi) is 7.04. The Labute approximate surface area is 204 Å². The fourth-order valence-corrected chi connectivity index (χ4v) is 4.44. The van der Waals surface area contributed by atoms with Gasteiger partial charge in [-0.05, 0) is 62.2 Å². The van der Waals surface area contributed by atoms with Crippen LogP contribution in [0.4, 0.5) is 11.4 Å². The van der Waals surface area contributed by atoms with Gasteiger partial charge in [-0.1, -0.05) is 24.3 Å². The fraction of sp³-hybridized carbons (Fsp3) is 0.200. The predicted molar refractivity (Wildman–Crippen MR) is 138 cm³/mol. The summed E-state index contributed by atoms with van der Waals surface area (Å²) in [4.78, 5) is 16.9. The van der Waals surface area contributed by atoms with Gasteiger partial charge in [0.15, 0.2) is 0 Å². The third-order valence-electron chi connectivity index (χ3n) is 5.23. The Morgan fingerprint density at radius 1 is 1.06 bits per heavy atom. The number of rotatable bonds is 9. The first-order chi connectivity index (χ1) is 16.7. The lowest BCUT2D eigenvalue weighted by Gasteiger charge is -2.10. The Balaban J connectivity index is 1.45. The Hall–Kier alpha value is -3.89. The normalized spacial score (nSPS) is 11.6. The molecule has 1 amide bonds. The van der Waals surface area contributed by atoms with Gasteiger partial charge in [-0.15, -0.1) is 0 Å². The van der Waals surface area contributed by atoms with E-state index in [2.05, 4.69) is 19.7 Å². The van der Waals surface area contributed by atoms with E-state index in [0.29, 0.717) is 34.7 Å². The number of nitrogen functional groups attached to an aromatic ring is 1. The number of amides is 1. The van der Waals surface area contributed by atoms with Crippen molar-refractivity contribution in [2.75, 3.05) is 17.0 Å². The molecular weight excluding hydrogens is 464 g/mol. The van der Waals surface area contributed by atoms with Crippen LogP contribution in [0.25, 0.3) is 16.9 Å². The lowest BCUT2D eigenvalue weighted by Crippen LogP contribution is -2.31. The highest BCUT2D eigenvalue weighted by Gasteiger charge is 2.13. The number of carbonyl (C=O) groups is 1. The topological polar surface area (TPSA) is 131 Å². The fourth-order valence-electron chi connectivity index (χ4n) is 3.56. The number of benzene rings is 2. The average molecular weight is 493 g/mol. The second-order valence-corrected chi connectivity index (χ2v) is 10.0. The largest absolute Gasteiger partial charge is 0.399 e. The zero-order valence-electron chi connectivity index (χ0n) is 19.5. The molecule has 0 aliphatic rings. The van der Waals surface area contributed by atoms with Crippen LogP contribution in [0, 0.1) is 0 Å². The molecular formula is C25H28N6O3S. The van der Waals surface area contributed by atoms with Gasteiger partial charge in [-0.25, -0.2) is 4.98 Å². The summed E-state index contributed by atoms with van der Waals surface area (Å²) in [5.74, 6) is -0.155. The molecule has 10 heteroatoms. The number of fused-ring (bicyclic) bond motifs is 1. The summed E-state index contributed by atoms with van der Waals surface area (Å²) in [5, 5.41) is 2.87. The van der Waals surface area contributed by atoms with Crippen molar-refractivity contribution in [1.82, 2.24) is 19.4 Å². The summed E-state index contributed by atoms with van der Waals surface area (Å²) in [7, 11) is -3.76. The summed E-state index contributed by atoms with van der Waals surface area (Å²) in [5.41, 5.74) is 10.3. The number of nitrogens with two attached hydrogens (primary N) is 1. The summed E-state index contributed by atoms with van der Waals surface area (Å²) >= 11 is 0. The molecule has 2 aromatic carbocycles. The Morgan fingerprint density at radius 3 is 2.57 bits per heavy atom. The van der Waals surface area contributed by atoms with Gasteiger partial charge in [0.2, 0.25) is 0 Å². The van der Waals surface area contributed by atoms with Crippen LogP contribution in [0.1, 0.15) is 29.8 Å². The SMILES string of the molecule is CC(C)NC(=O)c1ccc2nc(-c3cccc(NS(=O)(=O)NCCc4ccc(N)cc4)c3)cn2c1. The maximum atomic E-state index is 12.5. The first kappa shape index (κ1) is 24.2. The molecule has 9 nitrogen and oxygen atoms in total. The summed E-state index contributed by atoms with van der Waals surface area (Å²) in [6.07, 6.45) is 4.07. The van der Waals surface area contributed by atoms with Gasteiger partial charge in [-0.2, -0.15) is 13.1 Å². The number of imidazole rings is 1. The average Bonchev–Trinajstić information content (AvgIpc) is 3.23. The highest BCUT2D eigenvalue weighted by molar-refractivity contribution is 7.90. The van der Waals surface area contributed by atoms with Crippen LogP contribution in [0.2, 0.25) is 0 Å². The molecule has 0 saturated carbocycles. The maximum Gasteiger partial charge on any atom is 0.299 e. The third-order valence-corrected chi connectivity index (χ3v) is 6.32. The summed E-state index contributed by atoms with van der Waals surface area (Å²) < 4.78 is 31.9. The summed E-state index contributed by atoms with van der Waals surface area (Å²) in [6.45, 7) is 4.06. The molecule has 5 N–H and O–H groups in total. The molecule has 2 aromatic heterocycles. The molecule has 0 bridgehead atoms. The minimum atomic E-state index is -3.76. The van der Waals surface area contributed by atoms with Crippen LogP contribution in [-0.2, 0) is 16.6 Å². The predicted octanol–water partition coefficient (Wildman–Crippen LogP) is 3.21. The minimum Gasteiger partial charge on any atom is -0.399 e. The quantitative estimate of drug-likeness (QED) is 0.267. The number of hydrogen-bond acceptors (Lipinski definition) is 5. The van der Waals surface area contributed by atoms with Crippen LogP contribution >= 0.6 is 0 Å². The van der Waals surface area contributed by atoms with Crippen molar-refractivity contribution in [1.29, 1.82) is 0 Å². The van der Waals surface area contributed by atoms with Crippen molar-refractivity contribution >= 4 is 33.1 Å². The number of nitrogens with zero attached hydrogens (tertiary/aromatic N) is 2. The number of carbonyl (C=O) groups excluding carboxylic acids is 1. The molecule has 0 atom stereocenters. The molecule has 4 aromatic rings. The smallest absolute Gasteiger partial charge is 0.299 e. The molecule has 0 spiro atoms. The van der Waals surface area contributed by atoms with Crippen LogP contribution < -0.4 is 20.5 Å². The van der Waals surface area contributed by atoms with Crippen LogP contribution in [0.5, 0.6) is 0 Å². The number of aromatic nitrogens is 2. The molecule has 0 fully saturated rings. The zero-order valence-corrected chi connectivity index (χ0v) is 20.3. The van der Waals surface area contributed by atoms with Gasteiger partial charge in [0.05, 0.1) is 16.9 Å². The monoisotopic (exact) mass is 492 g/mol. The second kappa shape index (κ2) is 10.2. The van der Waals surface area contributed by atoms with E-state index in [4.69, 9.17) is 5.73 Å². The van der Waals surface area contributed by atoms with E-state index < -0.39 is 10.2 Å². The van der Waals surface area contributed by atoms with Gasteiger partial charge in [-0.3, -0.25) is 9.52 Å². The van der Waals surface area contributed by atoms with Crippen LogP contribution in [0.3, 0.4) is 0 Å². The van der Waals surface area contributed by atoms with Crippen molar-refractivity contribution in [3.8, 4) is 11.3 Å². The molecule has 4 rings (SSSR count). The van der Waals surface area contributed by atoms with Crippen molar-refractivity contribution < 1.29 is 13.2 Å². The van der Waals surface area contributed by atoms with Gasteiger partial charge >= 0.3 is 0 Å². The number of pyridine rings is 1. The van der Waals surface area contributed by atoms with Gasteiger partial charge < -0.3 is 15.5 Å². The second-order valence-electron chi connectivity index (χ2n) is 8.51. The maximum absolute atomic E-state index is 12.5. The van der Waals surface area contributed by atoms with Crippen molar-refractivity contribution in [2.45, 2.75) is 26.3 Å². The van der Waals surface area contributed by atoms with E-state index in [9.17, 15) is 13.2 Å². The van der Waals surface area contributed by atoms with E-state index in [1.807, 2.05) is 32.0 Å². The zero-order chi connectivity index (χ0) is 25.0. The molecule has 2 heterocycles. The van der Waals surface area contributed by atoms with Crippen molar-refractivity contribution in [3.63, 3.8) is 0 Å². The first-order valence-corrected chi connectivity index (χ1v) is 12.7. The lowest BCUT2D eigenvalue weighted by atomic mass is 10.1. The number of hydrogen-bond donors (Lipinski definition) is 4. The standard InChI is InChI=1S/C25H28N6O3S/c1-17(2)28-25(32)20-8-11-24-29-23(16-31(24)15-20)19-4-3-5-22(14-19)30-35(33,34)27-13-12-18-6-9-21(26)10-7-18/h3-11,14-17,27,30H,12-13,26H2,1-2H3,(H,28,32). The van der Waals surface area contributed by atoms with Crippen molar-refractivity contribution in [2.24, 2.45) is 0 Å². The first-order valence-electron chi connectivity index (χ1n) is 11.2. The number of nitrogens with one attached hydrogen (secondary N) is 3. The highest BCUT2D eigenvalue weighted by atomic mass is 32.2. The minimum absolute atomic E-state index is 0.0373. The molecule has 0 radical (unpaired) electrons. The molecule has 0 saturated heterocycles. The van der Waals surface area contributed by atoms with E-state index in [1.54, 1.807) is 59.3 Å². The summed E-state index contributed by atoms with van der Waals surface area (Å²) in [6, 6.07) is 17.8. The Morgan fingerprint density at radius 2 is 1.83 bits per heavy atom. The molecule has 0 unspecified atom stereocenters. The molecule has 182 valence electrons. The van der Waals surface area contributed by atoms with Gasteiger partial charge in [0.1, 0.15) is 5.65 Å². The molecule has 0 aliphatic carbocycles. The molecule has 35 heavy (non-hydrogen) atoms. The highest BCUT2D eigenvalue weighted by Crippen LogP contribution is 2.23. The lowest BCUT2D eigenvalue weighted by molar-refractivity contribution is 0.0942. The molecule has 0 aliphatic heterocycles. The van der Waals surface area contributed by atoms with Crippen molar-refractivity contribution in [3.05, 3.63) is 84.2 Å². The van der Waals surface area contributed by atoms with Crippen LogP contribution in [-0.4, -0.2) is 36.3 Å². The van der Waals surface area contributed by atoms with Crippen LogP contribution in [0.15, 0.2) is 73.1 Å².